The van der Waals surface area contributed by atoms with Gasteiger partial charge < -0.3 is 19.8 Å². The van der Waals surface area contributed by atoms with E-state index in [2.05, 4.69) is 10.6 Å². The highest BCUT2D eigenvalue weighted by molar-refractivity contribution is 5.81. The van der Waals surface area contributed by atoms with Gasteiger partial charge in [-0.15, -0.1) is 0 Å². The average molecular weight is 254 g/mol. The normalized spacial score (nSPS) is 14.2. The summed E-state index contributed by atoms with van der Waals surface area (Å²) in [4.78, 5) is 11.8. The minimum absolute atomic E-state index is 0.0462. The maximum absolute atomic E-state index is 11.8. The van der Waals surface area contributed by atoms with Crippen LogP contribution in [0.3, 0.4) is 0 Å². The summed E-state index contributed by atoms with van der Waals surface area (Å²) < 4.78 is 10.5. The average Bonchev–Trinajstić information content (AvgIpc) is 2.86. The van der Waals surface area contributed by atoms with Crippen LogP contribution in [0.1, 0.15) is 26.5 Å². The van der Waals surface area contributed by atoms with Gasteiger partial charge in [0, 0.05) is 13.2 Å². The topological polar surface area (TPSA) is 63.5 Å². The minimum atomic E-state index is -0.247. The summed E-state index contributed by atoms with van der Waals surface area (Å²) in [6, 6.07) is 3.38. The third-order valence-electron chi connectivity index (χ3n) is 2.57. The standard InChI is InChI=1S/C13H22N2O3/c1-4-17-10(2)8-14-11(3)13(16)15-9-12-6-5-7-18-12/h5-7,10-11,14H,4,8-9H2,1-3H3,(H,15,16). The Morgan fingerprint density at radius 1 is 1.50 bits per heavy atom. The highest BCUT2D eigenvalue weighted by Gasteiger charge is 2.13. The molecule has 1 amide bonds. The molecule has 0 spiro atoms. The molecule has 1 heterocycles. The summed E-state index contributed by atoms with van der Waals surface area (Å²) in [6.07, 6.45) is 1.70. The fourth-order valence-corrected chi connectivity index (χ4v) is 1.52. The Bertz CT molecular complexity index is 338. The van der Waals surface area contributed by atoms with Crippen LogP contribution in [0.25, 0.3) is 0 Å². The second-order valence-corrected chi connectivity index (χ2v) is 4.19. The molecule has 2 unspecified atom stereocenters. The monoisotopic (exact) mass is 254 g/mol. The lowest BCUT2D eigenvalue weighted by Gasteiger charge is -2.17. The Morgan fingerprint density at radius 2 is 2.28 bits per heavy atom. The summed E-state index contributed by atoms with van der Waals surface area (Å²) in [5.41, 5.74) is 0. The molecule has 2 N–H and O–H groups in total. The van der Waals surface area contributed by atoms with Gasteiger partial charge in [0.15, 0.2) is 0 Å². The van der Waals surface area contributed by atoms with E-state index in [1.807, 2.05) is 26.8 Å². The van der Waals surface area contributed by atoms with Crippen molar-refractivity contribution in [1.82, 2.24) is 10.6 Å². The number of carbonyl (C=O) groups excluding carboxylic acids is 1. The van der Waals surface area contributed by atoms with Crippen molar-refractivity contribution in [2.75, 3.05) is 13.2 Å². The van der Waals surface area contributed by atoms with Gasteiger partial charge in [-0.3, -0.25) is 4.79 Å². The molecule has 0 saturated heterocycles. The molecule has 5 heteroatoms. The second kappa shape index (κ2) is 7.89. The first-order valence-corrected chi connectivity index (χ1v) is 6.28. The Labute approximate surface area is 108 Å². The van der Waals surface area contributed by atoms with Gasteiger partial charge in [-0.2, -0.15) is 0 Å². The van der Waals surface area contributed by atoms with Crippen LogP contribution in [0.4, 0.5) is 0 Å². The number of ether oxygens (including phenoxy) is 1. The SMILES string of the molecule is CCOC(C)CNC(C)C(=O)NCc1ccco1. The van der Waals surface area contributed by atoms with Crippen LogP contribution >= 0.6 is 0 Å². The maximum atomic E-state index is 11.8. The Morgan fingerprint density at radius 3 is 2.89 bits per heavy atom. The molecule has 0 saturated carbocycles. The third-order valence-corrected chi connectivity index (χ3v) is 2.57. The third kappa shape index (κ3) is 5.33. The number of carbonyl (C=O) groups is 1. The number of furan rings is 1. The predicted octanol–water partition coefficient (Wildman–Crippen LogP) is 1.30. The van der Waals surface area contributed by atoms with Crippen molar-refractivity contribution >= 4 is 5.91 Å². The number of amides is 1. The van der Waals surface area contributed by atoms with E-state index in [1.54, 1.807) is 12.3 Å². The molecular formula is C13H22N2O3. The van der Waals surface area contributed by atoms with E-state index in [0.717, 1.165) is 5.76 Å². The van der Waals surface area contributed by atoms with Crippen LogP contribution < -0.4 is 10.6 Å². The van der Waals surface area contributed by atoms with E-state index in [4.69, 9.17) is 9.15 Å². The van der Waals surface area contributed by atoms with E-state index in [1.165, 1.54) is 0 Å². The van der Waals surface area contributed by atoms with E-state index < -0.39 is 0 Å². The lowest BCUT2D eigenvalue weighted by Crippen LogP contribution is -2.44. The molecule has 0 bridgehead atoms. The number of hydrogen-bond donors (Lipinski definition) is 2. The fraction of sp³-hybridized carbons (Fsp3) is 0.615. The Hall–Kier alpha value is -1.33. The molecule has 0 aromatic carbocycles. The van der Waals surface area contributed by atoms with Crippen molar-refractivity contribution in [3.63, 3.8) is 0 Å². The van der Waals surface area contributed by atoms with Gasteiger partial charge >= 0.3 is 0 Å². The van der Waals surface area contributed by atoms with E-state index in [-0.39, 0.29) is 18.1 Å². The zero-order valence-electron chi connectivity index (χ0n) is 11.2. The van der Waals surface area contributed by atoms with E-state index >= 15 is 0 Å². The predicted molar refractivity (Wildman–Crippen MR) is 69.1 cm³/mol. The molecule has 102 valence electrons. The molecule has 0 aliphatic carbocycles. The summed E-state index contributed by atoms with van der Waals surface area (Å²) in [5, 5.41) is 5.93. The quantitative estimate of drug-likeness (QED) is 0.734. The molecule has 2 atom stereocenters. The summed E-state index contributed by atoms with van der Waals surface area (Å²) in [7, 11) is 0. The maximum Gasteiger partial charge on any atom is 0.237 e. The van der Waals surface area contributed by atoms with Crippen molar-refractivity contribution in [2.45, 2.75) is 39.5 Å². The fourth-order valence-electron chi connectivity index (χ4n) is 1.52. The van der Waals surface area contributed by atoms with Gasteiger partial charge in [0.1, 0.15) is 5.76 Å². The number of hydrogen-bond acceptors (Lipinski definition) is 4. The smallest absolute Gasteiger partial charge is 0.237 e. The Balaban J connectivity index is 2.20. The van der Waals surface area contributed by atoms with Crippen LogP contribution in [0.15, 0.2) is 22.8 Å². The van der Waals surface area contributed by atoms with Crippen molar-refractivity contribution in [2.24, 2.45) is 0 Å². The molecule has 1 aromatic heterocycles. The van der Waals surface area contributed by atoms with Crippen LogP contribution in [-0.4, -0.2) is 31.2 Å². The van der Waals surface area contributed by atoms with Gasteiger partial charge in [-0.05, 0) is 32.9 Å². The van der Waals surface area contributed by atoms with E-state index in [9.17, 15) is 4.79 Å². The molecule has 0 fully saturated rings. The van der Waals surface area contributed by atoms with Gasteiger partial charge in [-0.1, -0.05) is 0 Å². The van der Waals surface area contributed by atoms with Crippen molar-refractivity contribution in [3.8, 4) is 0 Å². The first-order valence-electron chi connectivity index (χ1n) is 6.28. The van der Waals surface area contributed by atoms with Gasteiger partial charge in [-0.25, -0.2) is 0 Å². The molecule has 5 nitrogen and oxygen atoms in total. The molecule has 0 aliphatic heterocycles. The lowest BCUT2D eigenvalue weighted by molar-refractivity contribution is -0.123. The molecular weight excluding hydrogens is 232 g/mol. The largest absolute Gasteiger partial charge is 0.467 e. The van der Waals surface area contributed by atoms with Crippen LogP contribution in [0, 0.1) is 0 Å². The van der Waals surface area contributed by atoms with Gasteiger partial charge in [0.25, 0.3) is 0 Å². The molecule has 0 aliphatic rings. The summed E-state index contributed by atoms with van der Waals surface area (Å²) >= 11 is 0. The lowest BCUT2D eigenvalue weighted by atomic mass is 10.3. The number of nitrogens with one attached hydrogen (secondary N) is 2. The summed E-state index contributed by atoms with van der Waals surface area (Å²) in [6.45, 7) is 7.51. The zero-order valence-corrected chi connectivity index (χ0v) is 11.2. The van der Waals surface area contributed by atoms with Gasteiger partial charge in [0.05, 0.1) is 25.0 Å². The van der Waals surface area contributed by atoms with Crippen molar-refractivity contribution in [3.05, 3.63) is 24.2 Å². The van der Waals surface area contributed by atoms with Gasteiger partial charge in [0.2, 0.25) is 5.91 Å². The first kappa shape index (κ1) is 14.7. The molecule has 18 heavy (non-hydrogen) atoms. The first-order chi connectivity index (χ1) is 8.63. The second-order valence-electron chi connectivity index (χ2n) is 4.19. The molecule has 0 radical (unpaired) electrons. The molecule has 1 rings (SSSR count). The van der Waals surface area contributed by atoms with Crippen LogP contribution in [-0.2, 0) is 16.1 Å². The van der Waals surface area contributed by atoms with Crippen molar-refractivity contribution < 1.29 is 13.9 Å². The highest BCUT2D eigenvalue weighted by Crippen LogP contribution is 1.98. The highest BCUT2D eigenvalue weighted by atomic mass is 16.5. The van der Waals surface area contributed by atoms with E-state index in [0.29, 0.717) is 19.7 Å². The van der Waals surface area contributed by atoms with Crippen LogP contribution in [0.2, 0.25) is 0 Å². The minimum Gasteiger partial charge on any atom is -0.467 e. The Kier molecular flexibility index (Phi) is 6.46. The number of rotatable bonds is 8. The van der Waals surface area contributed by atoms with Crippen LogP contribution in [0.5, 0.6) is 0 Å². The van der Waals surface area contributed by atoms with Crippen molar-refractivity contribution in [1.29, 1.82) is 0 Å². The molecule has 1 aromatic rings. The zero-order chi connectivity index (χ0) is 13.4. The summed E-state index contributed by atoms with van der Waals surface area (Å²) in [5.74, 6) is 0.702.